The van der Waals surface area contributed by atoms with Gasteiger partial charge in [0.15, 0.2) is 0 Å². The fourth-order valence-electron chi connectivity index (χ4n) is 2.62. The monoisotopic (exact) mass is 323 g/mol. The van der Waals surface area contributed by atoms with Crippen LogP contribution in [0.25, 0.3) is 0 Å². The van der Waals surface area contributed by atoms with Gasteiger partial charge in [0.25, 0.3) is 5.91 Å². The number of halogens is 3. The third-order valence-corrected chi connectivity index (χ3v) is 4.23. The van der Waals surface area contributed by atoms with Crippen molar-refractivity contribution >= 4 is 5.91 Å². The first-order valence-corrected chi connectivity index (χ1v) is 7.25. The van der Waals surface area contributed by atoms with Crippen LogP contribution in [-0.2, 0) is 18.6 Å². The molecule has 1 amide bonds. The average molecular weight is 323 g/mol. The van der Waals surface area contributed by atoms with Crippen molar-refractivity contribution in [1.82, 2.24) is 15.1 Å². The standard InChI is InChI=1S/C16H16F3N3O/c1-22-9-11(8-21-22)14(23)20-10-15(6-7-15)12-2-4-13(5-3-12)16(17,18)19/h2-5,8-9H,6-7,10H2,1H3,(H,20,23). The fraction of sp³-hybridized carbons (Fsp3) is 0.375. The predicted molar refractivity (Wildman–Crippen MR) is 77.9 cm³/mol. The maximum absolute atomic E-state index is 12.6. The zero-order valence-electron chi connectivity index (χ0n) is 12.5. The van der Waals surface area contributed by atoms with Crippen LogP contribution in [0.1, 0.15) is 34.3 Å². The number of hydrogen-bond acceptors (Lipinski definition) is 2. The summed E-state index contributed by atoms with van der Waals surface area (Å²) in [6.45, 7) is 0.409. The third kappa shape index (κ3) is 3.23. The zero-order chi connectivity index (χ0) is 16.7. The molecule has 0 radical (unpaired) electrons. The molecule has 1 aromatic heterocycles. The highest BCUT2D eigenvalue weighted by molar-refractivity contribution is 5.93. The Morgan fingerprint density at radius 3 is 2.43 bits per heavy atom. The van der Waals surface area contributed by atoms with Crippen molar-refractivity contribution in [2.24, 2.45) is 7.05 Å². The highest BCUT2D eigenvalue weighted by atomic mass is 19.4. The molecular formula is C16H16F3N3O. The van der Waals surface area contributed by atoms with E-state index in [0.29, 0.717) is 12.1 Å². The predicted octanol–water partition coefficient (Wildman–Crippen LogP) is 2.90. The molecule has 1 aliphatic carbocycles. The molecule has 1 aliphatic rings. The number of benzene rings is 1. The average Bonchev–Trinajstić information content (AvgIpc) is 3.18. The van der Waals surface area contributed by atoms with E-state index in [1.807, 2.05) is 0 Å². The molecule has 3 rings (SSSR count). The molecule has 0 bridgehead atoms. The SMILES string of the molecule is Cn1cc(C(=O)NCC2(c3ccc(C(F)(F)F)cc3)CC2)cn1. The molecule has 7 heteroatoms. The van der Waals surface area contributed by atoms with Crippen molar-refractivity contribution in [1.29, 1.82) is 0 Å². The van der Waals surface area contributed by atoms with Gasteiger partial charge >= 0.3 is 6.18 Å². The van der Waals surface area contributed by atoms with E-state index in [1.165, 1.54) is 23.0 Å². The van der Waals surface area contributed by atoms with Gasteiger partial charge in [0.05, 0.1) is 17.3 Å². The second-order valence-electron chi connectivity index (χ2n) is 5.94. The number of aryl methyl sites for hydroxylation is 1. The molecule has 1 aromatic carbocycles. The summed E-state index contributed by atoms with van der Waals surface area (Å²) in [7, 11) is 1.72. The summed E-state index contributed by atoms with van der Waals surface area (Å²) >= 11 is 0. The van der Waals surface area contributed by atoms with Crippen LogP contribution >= 0.6 is 0 Å². The second kappa shape index (κ2) is 5.40. The number of nitrogens with zero attached hydrogens (tertiary/aromatic N) is 2. The van der Waals surface area contributed by atoms with E-state index in [9.17, 15) is 18.0 Å². The molecule has 1 fully saturated rings. The van der Waals surface area contributed by atoms with Crippen LogP contribution in [0.15, 0.2) is 36.7 Å². The largest absolute Gasteiger partial charge is 0.416 e. The van der Waals surface area contributed by atoms with Crippen LogP contribution in [-0.4, -0.2) is 22.2 Å². The van der Waals surface area contributed by atoms with Crippen LogP contribution < -0.4 is 5.32 Å². The number of hydrogen-bond donors (Lipinski definition) is 1. The number of aromatic nitrogens is 2. The Hall–Kier alpha value is -2.31. The number of carbonyl (C=O) groups is 1. The van der Waals surface area contributed by atoms with Gasteiger partial charge in [-0.2, -0.15) is 18.3 Å². The van der Waals surface area contributed by atoms with Gasteiger partial charge in [-0.25, -0.2) is 0 Å². The number of nitrogens with one attached hydrogen (secondary N) is 1. The molecule has 1 heterocycles. The van der Waals surface area contributed by atoms with Crippen molar-refractivity contribution in [2.75, 3.05) is 6.54 Å². The quantitative estimate of drug-likeness (QED) is 0.940. The summed E-state index contributed by atoms with van der Waals surface area (Å²) in [5, 5.41) is 6.78. The van der Waals surface area contributed by atoms with Crippen LogP contribution in [0.2, 0.25) is 0 Å². The maximum Gasteiger partial charge on any atom is 0.416 e. The molecule has 1 saturated carbocycles. The fourth-order valence-corrected chi connectivity index (χ4v) is 2.62. The van der Waals surface area contributed by atoms with E-state index >= 15 is 0 Å². The number of carbonyl (C=O) groups excluding carboxylic acids is 1. The summed E-state index contributed by atoms with van der Waals surface area (Å²) in [5.74, 6) is -0.226. The van der Waals surface area contributed by atoms with E-state index in [4.69, 9.17) is 0 Å². The Morgan fingerprint density at radius 1 is 1.30 bits per heavy atom. The van der Waals surface area contributed by atoms with Gasteiger partial charge in [0, 0.05) is 25.2 Å². The summed E-state index contributed by atoms with van der Waals surface area (Å²) < 4.78 is 39.4. The normalized spacial score (nSPS) is 16.2. The molecule has 0 saturated heterocycles. The van der Waals surface area contributed by atoms with E-state index in [-0.39, 0.29) is 11.3 Å². The summed E-state index contributed by atoms with van der Waals surface area (Å²) in [5.41, 5.74) is 0.395. The van der Waals surface area contributed by atoms with Gasteiger partial charge < -0.3 is 5.32 Å². The molecule has 0 unspecified atom stereocenters. The second-order valence-corrected chi connectivity index (χ2v) is 5.94. The molecule has 2 aromatic rings. The first kappa shape index (κ1) is 15.6. The number of amides is 1. The van der Waals surface area contributed by atoms with E-state index in [2.05, 4.69) is 10.4 Å². The van der Waals surface area contributed by atoms with Crippen molar-refractivity contribution < 1.29 is 18.0 Å². The van der Waals surface area contributed by atoms with Gasteiger partial charge in [0.2, 0.25) is 0 Å². The zero-order valence-corrected chi connectivity index (χ0v) is 12.5. The van der Waals surface area contributed by atoms with Crippen molar-refractivity contribution in [2.45, 2.75) is 24.4 Å². The van der Waals surface area contributed by atoms with Gasteiger partial charge in [-0.15, -0.1) is 0 Å². The lowest BCUT2D eigenvalue weighted by Crippen LogP contribution is -2.32. The summed E-state index contributed by atoms with van der Waals surface area (Å²) in [6, 6.07) is 5.20. The molecule has 0 aliphatic heterocycles. The van der Waals surface area contributed by atoms with Crippen LogP contribution in [0, 0.1) is 0 Å². The topological polar surface area (TPSA) is 46.9 Å². The van der Waals surface area contributed by atoms with E-state index in [1.54, 1.807) is 13.2 Å². The Bertz CT molecular complexity index is 715. The first-order valence-electron chi connectivity index (χ1n) is 7.25. The molecule has 122 valence electrons. The Balaban J connectivity index is 1.67. The van der Waals surface area contributed by atoms with Gasteiger partial charge in [-0.3, -0.25) is 9.48 Å². The first-order chi connectivity index (χ1) is 10.8. The smallest absolute Gasteiger partial charge is 0.351 e. The van der Waals surface area contributed by atoms with Crippen molar-refractivity contribution in [3.8, 4) is 0 Å². The molecule has 0 atom stereocenters. The lowest BCUT2D eigenvalue weighted by atomic mass is 9.94. The minimum absolute atomic E-state index is 0.226. The molecular weight excluding hydrogens is 307 g/mol. The lowest BCUT2D eigenvalue weighted by molar-refractivity contribution is -0.137. The maximum atomic E-state index is 12.6. The highest BCUT2D eigenvalue weighted by Gasteiger charge is 2.44. The number of alkyl halides is 3. The van der Waals surface area contributed by atoms with E-state index < -0.39 is 11.7 Å². The molecule has 4 nitrogen and oxygen atoms in total. The highest BCUT2D eigenvalue weighted by Crippen LogP contribution is 2.48. The third-order valence-electron chi connectivity index (χ3n) is 4.23. The lowest BCUT2D eigenvalue weighted by Gasteiger charge is -2.17. The molecule has 1 N–H and O–H groups in total. The van der Waals surface area contributed by atoms with Crippen molar-refractivity contribution in [3.05, 3.63) is 53.3 Å². The Morgan fingerprint density at radius 2 is 1.96 bits per heavy atom. The van der Waals surface area contributed by atoms with Crippen molar-refractivity contribution in [3.63, 3.8) is 0 Å². The van der Waals surface area contributed by atoms with Gasteiger partial charge in [-0.05, 0) is 30.5 Å². The van der Waals surface area contributed by atoms with Gasteiger partial charge in [-0.1, -0.05) is 12.1 Å². The molecule has 23 heavy (non-hydrogen) atoms. The summed E-state index contributed by atoms with van der Waals surface area (Å²) in [4.78, 5) is 12.0. The minimum Gasteiger partial charge on any atom is -0.351 e. The van der Waals surface area contributed by atoms with E-state index in [0.717, 1.165) is 30.5 Å². The van der Waals surface area contributed by atoms with Gasteiger partial charge in [0.1, 0.15) is 0 Å². The van der Waals surface area contributed by atoms with Crippen LogP contribution in [0.3, 0.4) is 0 Å². The summed E-state index contributed by atoms with van der Waals surface area (Å²) in [6.07, 6.45) is 0.473. The van der Waals surface area contributed by atoms with Crippen LogP contribution in [0.4, 0.5) is 13.2 Å². The number of rotatable bonds is 4. The minimum atomic E-state index is -4.33. The Kier molecular flexibility index (Phi) is 3.66. The van der Waals surface area contributed by atoms with Crippen LogP contribution in [0.5, 0.6) is 0 Å². The Labute approximate surface area is 131 Å². The molecule has 0 spiro atoms.